The first-order chi connectivity index (χ1) is 10.0. The minimum atomic E-state index is -1.59. The minimum absolute atomic E-state index is 0.236. The van der Waals surface area contributed by atoms with E-state index in [1.54, 1.807) is 0 Å². The molecule has 4 nitrogen and oxygen atoms in total. The molecule has 118 valence electrons. The smallest absolute Gasteiger partial charge is 0.254 e. The lowest BCUT2D eigenvalue weighted by molar-refractivity contribution is 0.0673. The van der Waals surface area contributed by atoms with Gasteiger partial charge in [0.2, 0.25) is 0 Å². The van der Waals surface area contributed by atoms with Crippen molar-refractivity contribution in [3.05, 3.63) is 35.1 Å². The summed E-state index contributed by atoms with van der Waals surface area (Å²) in [6.07, 6.45) is 0.568. The molecule has 0 N–H and O–H groups in total. The largest absolute Gasteiger partial charge is 0.385 e. The second-order valence-corrected chi connectivity index (χ2v) is 4.39. The summed E-state index contributed by atoms with van der Waals surface area (Å²) in [4.78, 5) is 13.6. The van der Waals surface area contributed by atoms with E-state index >= 15 is 0 Å². The van der Waals surface area contributed by atoms with Crippen molar-refractivity contribution in [1.29, 1.82) is 0 Å². The van der Waals surface area contributed by atoms with Crippen LogP contribution >= 0.6 is 0 Å². The summed E-state index contributed by atoms with van der Waals surface area (Å²) in [6.45, 7) is 1.34. The van der Waals surface area contributed by atoms with E-state index in [9.17, 15) is 18.0 Å². The van der Waals surface area contributed by atoms with Crippen LogP contribution in [0.1, 0.15) is 16.8 Å². The van der Waals surface area contributed by atoms with Crippen LogP contribution in [-0.2, 0) is 9.47 Å². The van der Waals surface area contributed by atoms with Crippen LogP contribution in [-0.4, -0.2) is 51.3 Å². The first-order valence-electron chi connectivity index (χ1n) is 6.43. The van der Waals surface area contributed by atoms with Crippen LogP contribution in [0.3, 0.4) is 0 Å². The predicted molar refractivity (Wildman–Crippen MR) is 70.6 cm³/mol. The number of hydrogen-bond acceptors (Lipinski definition) is 3. The Morgan fingerprint density at radius 2 is 1.62 bits per heavy atom. The number of carbonyl (C=O) groups is 1. The molecule has 1 aromatic carbocycles. The number of halogens is 3. The Morgan fingerprint density at radius 1 is 1.05 bits per heavy atom. The second-order valence-electron chi connectivity index (χ2n) is 4.39. The van der Waals surface area contributed by atoms with Crippen LogP contribution in [0.2, 0.25) is 0 Å². The molecule has 0 aliphatic carbocycles. The molecule has 0 atom stereocenters. The summed E-state index contributed by atoms with van der Waals surface area (Å²) in [5.41, 5.74) is -0.236. The average molecular weight is 305 g/mol. The summed E-state index contributed by atoms with van der Waals surface area (Å²) in [5, 5.41) is 0. The number of amides is 1. The lowest BCUT2D eigenvalue weighted by Crippen LogP contribution is -2.35. The number of nitrogens with zero attached hydrogens (tertiary/aromatic N) is 1. The molecule has 0 unspecified atom stereocenters. The highest BCUT2D eigenvalue weighted by molar-refractivity contribution is 5.94. The molecule has 0 fully saturated rings. The molecule has 0 radical (unpaired) electrons. The molecule has 0 aliphatic rings. The maximum Gasteiger partial charge on any atom is 0.254 e. The Labute approximate surface area is 121 Å². The molecule has 1 rings (SSSR count). The van der Waals surface area contributed by atoms with Crippen molar-refractivity contribution in [2.45, 2.75) is 6.42 Å². The monoisotopic (exact) mass is 305 g/mol. The second kappa shape index (κ2) is 8.63. The number of hydrogen-bond donors (Lipinski definition) is 0. The van der Waals surface area contributed by atoms with Gasteiger partial charge in [0.25, 0.3) is 5.91 Å². The predicted octanol–water partition coefficient (Wildman–Crippen LogP) is 2.23. The molecule has 0 bridgehead atoms. The number of ether oxygens (including phenoxy) is 2. The zero-order valence-corrected chi connectivity index (χ0v) is 12.0. The van der Waals surface area contributed by atoms with E-state index in [1.807, 2.05) is 0 Å². The van der Waals surface area contributed by atoms with E-state index in [1.165, 1.54) is 19.1 Å². The van der Waals surface area contributed by atoms with E-state index in [0.717, 1.165) is 0 Å². The number of carbonyl (C=O) groups excluding carboxylic acids is 1. The molecule has 21 heavy (non-hydrogen) atoms. The molecule has 7 heteroatoms. The lowest BCUT2D eigenvalue weighted by Gasteiger charge is -2.22. The SMILES string of the molecule is COCCCN(CCOC)C(=O)c1cc(F)c(F)c(F)c1. The van der Waals surface area contributed by atoms with E-state index in [0.29, 0.717) is 31.7 Å². The third-order valence-corrected chi connectivity index (χ3v) is 2.86. The van der Waals surface area contributed by atoms with Crippen molar-refractivity contribution in [3.8, 4) is 0 Å². The fourth-order valence-electron chi connectivity index (χ4n) is 1.78. The molecular formula is C14H18F3NO3. The van der Waals surface area contributed by atoms with Crippen molar-refractivity contribution >= 4 is 5.91 Å². The fourth-order valence-corrected chi connectivity index (χ4v) is 1.78. The van der Waals surface area contributed by atoms with Crippen molar-refractivity contribution < 1.29 is 27.4 Å². The van der Waals surface area contributed by atoms with Crippen LogP contribution in [0.5, 0.6) is 0 Å². The van der Waals surface area contributed by atoms with Crippen molar-refractivity contribution in [1.82, 2.24) is 4.90 Å². The van der Waals surface area contributed by atoms with Crippen LogP contribution < -0.4 is 0 Å². The normalized spacial score (nSPS) is 10.7. The van der Waals surface area contributed by atoms with Gasteiger partial charge in [-0.05, 0) is 18.6 Å². The fraction of sp³-hybridized carbons (Fsp3) is 0.500. The lowest BCUT2D eigenvalue weighted by atomic mass is 10.1. The quantitative estimate of drug-likeness (QED) is 0.546. The molecule has 0 aromatic heterocycles. The van der Waals surface area contributed by atoms with Crippen LogP contribution in [0.4, 0.5) is 13.2 Å². The van der Waals surface area contributed by atoms with E-state index in [2.05, 4.69) is 0 Å². The van der Waals surface area contributed by atoms with Crippen LogP contribution in [0.15, 0.2) is 12.1 Å². The summed E-state index contributed by atoms with van der Waals surface area (Å²) in [7, 11) is 3.01. The molecule has 1 aromatic rings. The molecule has 0 spiro atoms. The topological polar surface area (TPSA) is 38.8 Å². The van der Waals surface area contributed by atoms with Gasteiger partial charge in [0.05, 0.1) is 6.61 Å². The highest BCUT2D eigenvalue weighted by Gasteiger charge is 2.19. The van der Waals surface area contributed by atoms with Gasteiger partial charge >= 0.3 is 0 Å². The summed E-state index contributed by atoms with van der Waals surface area (Å²) in [5.74, 6) is -4.95. The molecule has 0 heterocycles. The zero-order chi connectivity index (χ0) is 15.8. The van der Waals surface area contributed by atoms with Crippen molar-refractivity contribution in [2.24, 2.45) is 0 Å². The summed E-state index contributed by atoms with van der Waals surface area (Å²) in [6, 6.07) is 1.38. The Morgan fingerprint density at radius 3 is 2.14 bits per heavy atom. The number of methoxy groups -OCH3 is 2. The van der Waals surface area contributed by atoms with Crippen LogP contribution in [0, 0.1) is 17.5 Å². The summed E-state index contributed by atoms with van der Waals surface area (Å²) < 4.78 is 49.1. The molecule has 0 saturated heterocycles. The molecule has 0 saturated carbocycles. The third-order valence-electron chi connectivity index (χ3n) is 2.86. The minimum Gasteiger partial charge on any atom is -0.385 e. The van der Waals surface area contributed by atoms with Gasteiger partial charge in [-0.15, -0.1) is 0 Å². The standard InChI is InChI=1S/C14H18F3NO3/c1-20-6-3-4-18(5-7-21-2)14(19)10-8-11(15)13(17)12(16)9-10/h8-9H,3-7H2,1-2H3. The van der Waals surface area contributed by atoms with Crippen molar-refractivity contribution in [2.75, 3.05) is 40.5 Å². The van der Waals surface area contributed by atoms with Gasteiger partial charge in [-0.1, -0.05) is 0 Å². The van der Waals surface area contributed by atoms with Gasteiger partial charge in [0.1, 0.15) is 0 Å². The molecular weight excluding hydrogens is 287 g/mol. The van der Waals surface area contributed by atoms with Gasteiger partial charge in [-0.3, -0.25) is 4.79 Å². The van der Waals surface area contributed by atoms with Gasteiger partial charge in [0.15, 0.2) is 17.5 Å². The first-order valence-corrected chi connectivity index (χ1v) is 6.43. The maximum absolute atomic E-state index is 13.2. The van der Waals surface area contributed by atoms with Gasteiger partial charge in [0, 0.05) is 39.5 Å². The van der Waals surface area contributed by atoms with E-state index < -0.39 is 23.4 Å². The maximum atomic E-state index is 13.2. The number of rotatable bonds is 8. The Bertz CT molecular complexity index is 460. The molecule has 0 aliphatic heterocycles. The Kier molecular flexibility index (Phi) is 7.18. The summed E-state index contributed by atoms with van der Waals surface area (Å²) >= 11 is 0. The molecule has 1 amide bonds. The Balaban J connectivity index is 2.87. The first kappa shape index (κ1) is 17.5. The third kappa shape index (κ3) is 5.02. The van der Waals surface area contributed by atoms with E-state index in [4.69, 9.17) is 9.47 Å². The highest BCUT2D eigenvalue weighted by atomic mass is 19.2. The Hall–Kier alpha value is -1.60. The van der Waals surface area contributed by atoms with Gasteiger partial charge < -0.3 is 14.4 Å². The highest BCUT2D eigenvalue weighted by Crippen LogP contribution is 2.15. The van der Waals surface area contributed by atoms with Crippen LogP contribution in [0.25, 0.3) is 0 Å². The van der Waals surface area contributed by atoms with Crippen molar-refractivity contribution in [3.63, 3.8) is 0 Å². The van der Waals surface area contributed by atoms with Gasteiger partial charge in [-0.2, -0.15) is 0 Å². The zero-order valence-electron chi connectivity index (χ0n) is 12.0. The van der Waals surface area contributed by atoms with E-state index in [-0.39, 0.29) is 18.7 Å². The van der Waals surface area contributed by atoms with Gasteiger partial charge in [-0.25, -0.2) is 13.2 Å². The number of benzene rings is 1. The average Bonchev–Trinajstić information content (AvgIpc) is 2.47.